The Labute approximate surface area is 113 Å². The molecule has 1 nitrogen and oxygen atoms in total. The fourth-order valence-electron chi connectivity index (χ4n) is 1.36. The number of hydrogen-bond donors (Lipinski definition) is 0. The largest absolute Gasteiger partial charge is 1.00 e. The molecule has 0 aliphatic carbocycles. The van der Waals surface area contributed by atoms with Crippen molar-refractivity contribution in [1.82, 2.24) is 0 Å². The van der Waals surface area contributed by atoms with Crippen LogP contribution >= 0.6 is 0 Å². The SMILES string of the molecule is C[C-]1COCC1C(C)C.[Rb+]. The van der Waals surface area contributed by atoms with Crippen molar-refractivity contribution in [2.24, 2.45) is 11.8 Å². The molecule has 0 aromatic heterocycles. The molecule has 1 saturated heterocycles. The summed E-state index contributed by atoms with van der Waals surface area (Å²) in [7, 11) is 0. The van der Waals surface area contributed by atoms with E-state index in [2.05, 4.69) is 20.8 Å². The molecule has 0 radical (unpaired) electrons. The first-order valence-corrected chi connectivity index (χ1v) is 3.62. The molecule has 1 heterocycles. The Morgan fingerprint density at radius 3 is 2.30 bits per heavy atom. The fourth-order valence-corrected chi connectivity index (χ4v) is 1.36. The average Bonchev–Trinajstić information content (AvgIpc) is 2.13. The minimum absolute atomic E-state index is 0. The van der Waals surface area contributed by atoms with E-state index in [-0.39, 0.29) is 58.2 Å². The molecular formula is C8H15ORb. The predicted molar refractivity (Wildman–Crippen MR) is 38.1 cm³/mol. The van der Waals surface area contributed by atoms with E-state index in [1.54, 1.807) is 0 Å². The maximum Gasteiger partial charge on any atom is 1.00 e. The Hall–Kier alpha value is 1.77. The van der Waals surface area contributed by atoms with Crippen LogP contribution in [0.4, 0.5) is 0 Å². The minimum atomic E-state index is 0. The molecule has 1 fully saturated rings. The van der Waals surface area contributed by atoms with Gasteiger partial charge in [0, 0.05) is 6.61 Å². The monoisotopic (exact) mass is 212 g/mol. The van der Waals surface area contributed by atoms with Crippen molar-refractivity contribution in [3.8, 4) is 0 Å². The first-order valence-electron chi connectivity index (χ1n) is 3.62. The van der Waals surface area contributed by atoms with E-state index in [0.29, 0.717) is 0 Å². The van der Waals surface area contributed by atoms with E-state index < -0.39 is 0 Å². The molecule has 0 N–H and O–H groups in total. The summed E-state index contributed by atoms with van der Waals surface area (Å²) in [5.41, 5.74) is 0. The van der Waals surface area contributed by atoms with Gasteiger partial charge in [-0.25, -0.2) is 0 Å². The molecule has 54 valence electrons. The van der Waals surface area contributed by atoms with Crippen LogP contribution in [-0.2, 0) is 4.74 Å². The third-order valence-corrected chi connectivity index (χ3v) is 2.06. The van der Waals surface area contributed by atoms with Crippen LogP contribution in [0.5, 0.6) is 0 Å². The quantitative estimate of drug-likeness (QED) is 0.501. The first-order chi connectivity index (χ1) is 4.22. The molecular weight excluding hydrogens is 198 g/mol. The number of ether oxygens (including phenoxy) is 1. The molecule has 0 aromatic rings. The maximum absolute atomic E-state index is 5.29. The van der Waals surface area contributed by atoms with Gasteiger partial charge in [0.2, 0.25) is 0 Å². The van der Waals surface area contributed by atoms with Crippen LogP contribution in [0, 0.1) is 17.8 Å². The summed E-state index contributed by atoms with van der Waals surface area (Å²) in [6, 6.07) is 0. The second-order valence-electron chi connectivity index (χ2n) is 3.21. The van der Waals surface area contributed by atoms with Crippen molar-refractivity contribution in [2.75, 3.05) is 13.2 Å². The molecule has 1 unspecified atom stereocenters. The molecule has 0 spiro atoms. The molecule has 0 aromatic carbocycles. The van der Waals surface area contributed by atoms with E-state index in [1.807, 2.05) is 0 Å². The predicted octanol–water partition coefficient (Wildman–Crippen LogP) is -1.11. The number of rotatable bonds is 1. The van der Waals surface area contributed by atoms with E-state index in [1.165, 1.54) is 5.92 Å². The number of hydrogen-bond acceptors (Lipinski definition) is 1. The van der Waals surface area contributed by atoms with Gasteiger partial charge in [-0.05, 0) is 0 Å². The Kier molecular flexibility index (Phi) is 6.37. The zero-order valence-corrected chi connectivity index (χ0v) is 12.4. The van der Waals surface area contributed by atoms with Crippen LogP contribution < -0.4 is 58.2 Å². The van der Waals surface area contributed by atoms with Crippen molar-refractivity contribution in [3.63, 3.8) is 0 Å². The molecule has 1 rings (SSSR count). The van der Waals surface area contributed by atoms with Crippen molar-refractivity contribution in [3.05, 3.63) is 5.92 Å². The third kappa shape index (κ3) is 3.02. The molecule has 1 aliphatic heterocycles. The van der Waals surface area contributed by atoms with E-state index in [9.17, 15) is 0 Å². The van der Waals surface area contributed by atoms with E-state index in [0.717, 1.165) is 25.0 Å². The maximum atomic E-state index is 5.29. The Morgan fingerprint density at radius 2 is 2.10 bits per heavy atom. The summed E-state index contributed by atoms with van der Waals surface area (Å²) in [5.74, 6) is 3.00. The normalized spacial score (nSPS) is 27.0. The summed E-state index contributed by atoms with van der Waals surface area (Å²) in [5, 5.41) is 0. The molecule has 10 heavy (non-hydrogen) atoms. The van der Waals surface area contributed by atoms with Crippen LogP contribution in [-0.4, -0.2) is 13.2 Å². The summed E-state index contributed by atoms with van der Waals surface area (Å²) >= 11 is 0. The van der Waals surface area contributed by atoms with Gasteiger partial charge in [-0.1, -0.05) is 26.4 Å². The van der Waals surface area contributed by atoms with Crippen molar-refractivity contribution < 1.29 is 62.9 Å². The standard InChI is InChI=1S/C8H15O.Rb/c1-6(2)8-5-9-4-7(8)3;/h6,8H,4-5H2,1-3H3;/q-1;+1. The van der Waals surface area contributed by atoms with Crippen molar-refractivity contribution in [1.29, 1.82) is 0 Å². The second kappa shape index (κ2) is 5.42. The van der Waals surface area contributed by atoms with Gasteiger partial charge in [0.15, 0.2) is 0 Å². The third-order valence-electron chi connectivity index (χ3n) is 2.06. The van der Waals surface area contributed by atoms with Gasteiger partial charge in [-0.15, -0.1) is 5.92 Å². The minimum Gasteiger partial charge on any atom is -0.415 e. The summed E-state index contributed by atoms with van der Waals surface area (Å²) in [6.07, 6.45) is 0. The summed E-state index contributed by atoms with van der Waals surface area (Å²) in [6.45, 7) is 8.54. The zero-order valence-electron chi connectivity index (χ0n) is 7.48. The van der Waals surface area contributed by atoms with Gasteiger partial charge in [-0.2, -0.15) is 6.92 Å². The van der Waals surface area contributed by atoms with E-state index in [4.69, 9.17) is 4.74 Å². The smallest absolute Gasteiger partial charge is 0.415 e. The molecule has 1 atom stereocenters. The van der Waals surface area contributed by atoms with Gasteiger partial charge >= 0.3 is 58.2 Å². The topological polar surface area (TPSA) is 9.23 Å². The van der Waals surface area contributed by atoms with Gasteiger partial charge in [0.25, 0.3) is 0 Å². The second-order valence-corrected chi connectivity index (χ2v) is 3.21. The Balaban J connectivity index is 0.000000810. The first kappa shape index (κ1) is 11.8. The molecule has 2 heteroatoms. The molecule has 1 aliphatic rings. The van der Waals surface area contributed by atoms with Gasteiger partial charge < -0.3 is 4.74 Å². The van der Waals surface area contributed by atoms with Crippen LogP contribution in [0.15, 0.2) is 0 Å². The molecule has 0 bridgehead atoms. The average molecular weight is 213 g/mol. The summed E-state index contributed by atoms with van der Waals surface area (Å²) < 4.78 is 5.29. The van der Waals surface area contributed by atoms with Crippen LogP contribution in [0.3, 0.4) is 0 Å². The van der Waals surface area contributed by atoms with Crippen molar-refractivity contribution in [2.45, 2.75) is 20.8 Å². The van der Waals surface area contributed by atoms with Crippen LogP contribution in [0.25, 0.3) is 0 Å². The van der Waals surface area contributed by atoms with Crippen LogP contribution in [0.1, 0.15) is 20.8 Å². The van der Waals surface area contributed by atoms with E-state index >= 15 is 0 Å². The molecule has 0 amide bonds. The van der Waals surface area contributed by atoms with Gasteiger partial charge in [0.05, 0.1) is 0 Å². The summed E-state index contributed by atoms with van der Waals surface area (Å²) in [4.78, 5) is 0. The fraction of sp³-hybridized carbons (Fsp3) is 0.875. The zero-order chi connectivity index (χ0) is 6.85. The van der Waals surface area contributed by atoms with Gasteiger partial charge in [-0.3, -0.25) is 5.92 Å². The molecule has 0 saturated carbocycles. The van der Waals surface area contributed by atoms with Crippen molar-refractivity contribution >= 4 is 0 Å². The van der Waals surface area contributed by atoms with Crippen LogP contribution in [0.2, 0.25) is 0 Å². The Bertz CT molecular complexity index is 93.3. The van der Waals surface area contributed by atoms with Gasteiger partial charge in [0.1, 0.15) is 0 Å². The Morgan fingerprint density at radius 1 is 1.50 bits per heavy atom.